The van der Waals surface area contributed by atoms with Gasteiger partial charge in [-0.25, -0.2) is 0 Å². The third kappa shape index (κ3) is 3.55. The van der Waals surface area contributed by atoms with Crippen molar-refractivity contribution in [2.45, 2.75) is 13.5 Å². The summed E-state index contributed by atoms with van der Waals surface area (Å²) < 4.78 is 0. The quantitative estimate of drug-likeness (QED) is 0.589. The van der Waals surface area contributed by atoms with Crippen LogP contribution in [0.3, 0.4) is 0 Å². The summed E-state index contributed by atoms with van der Waals surface area (Å²) in [6.45, 7) is 2.17. The number of nitrogens with one attached hydrogen (secondary N) is 1. The van der Waals surface area contributed by atoms with Crippen LogP contribution >= 0.6 is 0 Å². The molecule has 0 saturated heterocycles. The van der Waals surface area contributed by atoms with Crippen molar-refractivity contribution in [1.82, 2.24) is 9.97 Å². The highest BCUT2D eigenvalue weighted by Gasteiger charge is 2.19. The van der Waals surface area contributed by atoms with Crippen LogP contribution in [0.1, 0.15) is 21.5 Å². The predicted octanol–water partition coefficient (Wildman–Crippen LogP) is 4.08. The first-order chi connectivity index (χ1) is 13.6. The predicted molar refractivity (Wildman–Crippen MR) is 110 cm³/mol. The molecule has 0 atom stereocenters. The normalized spacial score (nSPS) is 10.8. The third-order valence-electron chi connectivity index (χ3n) is 4.63. The zero-order valence-electron chi connectivity index (χ0n) is 15.4. The lowest BCUT2D eigenvalue weighted by atomic mass is 10.1. The van der Waals surface area contributed by atoms with Crippen LogP contribution in [0.2, 0.25) is 0 Å². The molecule has 0 radical (unpaired) electrons. The number of fused-ring (bicyclic) bond motifs is 1. The van der Waals surface area contributed by atoms with Crippen molar-refractivity contribution < 1.29 is 4.79 Å². The first-order valence-corrected chi connectivity index (χ1v) is 9.01. The van der Waals surface area contributed by atoms with Crippen molar-refractivity contribution in [2.75, 3.05) is 4.90 Å². The minimum Gasteiger partial charge on any atom is -0.322 e. The molecular formula is C23H19N3O2. The molecule has 0 aliphatic rings. The zero-order chi connectivity index (χ0) is 19.5. The van der Waals surface area contributed by atoms with Gasteiger partial charge in [0, 0.05) is 29.2 Å². The van der Waals surface area contributed by atoms with Gasteiger partial charge in [0.25, 0.3) is 11.5 Å². The van der Waals surface area contributed by atoms with Crippen molar-refractivity contribution in [3.05, 3.63) is 106 Å². The summed E-state index contributed by atoms with van der Waals surface area (Å²) in [7, 11) is 0. The number of aromatic amines is 1. The Morgan fingerprint density at radius 3 is 2.61 bits per heavy atom. The number of hydrogen-bond acceptors (Lipinski definition) is 3. The van der Waals surface area contributed by atoms with Gasteiger partial charge in [-0.05, 0) is 54.8 Å². The van der Waals surface area contributed by atoms with Gasteiger partial charge < -0.3 is 9.88 Å². The van der Waals surface area contributed by atoms with Crippen LogP contribution in [-0.4, -0.2) is 15.9 Å². The van der Waals surface area contributed by atoms with E-state index in [0.29, 0.717) is 11.1 Å². The van der Waals surface area contributed by atoms with E-state index < -0.39 is 0 Å². The largest absolute Gasteiger partial charge is 0.322 e. The van der Waals surface area contributed by atoms with E-state index in [-0.39, 0.29) is 18.0 Å². The second kappa shape index (κ2) is 7.48. The Hall–Kier alpha value is -3.73. The van der Waals surface area contributed by atoms with Gasteiger partial charge in [0.15, 0.2) is 0 Å². The molecule has 138 valence electrons. The zero-order valence-corrected chi connectivity index (χ0v) is 15.4. The number of benzene rings is 2. The van der Waals surface area contributed by atoms with Gasteiger partial charge in [0.2, 0.25) is 0 Å². The smallest absolute Gasteiger partial charge is 0.260 e. The second-order valence-electron chi connectivity index (χ2n) is 6.68. The van der Waals surface area contributed by atoms with Crippen molar-refractivity contribution in [2.24, 2.45) is 0 Å². The van der Waals surface area contributed by atoms with Crippen LogP contribution in [0.15, 0.2) is 83.9 Å². The van der Waals surface area contributed by atoms with E-state index in [1.807, 2.05) is 61.5 Å². The minimum absolute atomic E-state index is 0.164. The highest BCUT2D eigenvalue weighted by molar-refractivity contribution is 6.05. The number of aromatic nitrogens is 2. The molecule has 0 aliphatic carbocycles. The molecule has 0 unspecified atom stereocenters. The number of pyridine rings is 2. The van der Waals surface area contributed by atoms with Gasteiger partial charge in [0.1, 0.15) is 0 Å². The first-order valence-electron chi connectivity index (χ1n) is 9.01. The van der Waals surface area contributed by atoms with E-state index in [1.165, 1.54) is 6.20 Å². The fraction of sp³-hybridized carbons (Fsp3) is 0.0870. The Bertz CT molecular complexity index is 1180. The van der Waals surface area contributed by atoms with Gasteiger partial charge in [-0.3, -0.25) is 14.6 Å². The number of anilines is 1. The average molecular weight is 369 g/mol. The maximum Gasteiger partial charge on any atom is 0.260 e. The maximum absolute atomic E-state index is 13.2. The summed E-state index contributed by atoms with van der Waals surface area (Å²) in [6.07, 6.45) is 3.16. The minimum atomic E-state index is -0.206. The Morgan fingerprint density at radius 1 is 1.04 bits per heavy atom. The molecule has 4 rings (SSSR count). The summed E-state index contributed by atoms with van der Waals surface area (Å²) >= 11 is 0. The molecule has 28 heavy (non-hydrogen) atoms. The van der Waals surface area contributed by atoms with Crippen molar-refractivity contribution in [1.29, 1.82) is 0 Å². The lowest BCUT2D eigenvalue weighted by Crippen LogP contribution is -2.32. The molecule has 0 fully saturated rings. The number of aryl methyl sites for hydroxylation is 1. The van der Waals surface area contributed by atoms with Crippen LogP contribution in [0.5, 0.6) is 0 Å². The molecule has 1 amide bonds. The van der Waals surface area contributed by atoms with E-state index in [9.17, 15) is 9.59 Å². The van der Waals surface area contributed by atoms with Gasteiger partial charge >= 0.3 is 0 Å². The molecule has 1 N–H and O–H groups in total. The number of nitrogens with zero attached hydrogens (tertiary/aromatic N) is 2. The van der Waals surface area contributed by atoms with Crippen LogP contribution in [0, 0.1) is 6.92 Å². The van der Waals surface area contributed by atoms with Gasteiger partial charge in [-0.15, -0.1) is 0 Å². The maximum atomic E-state index is 13.2. The lowest BCUT2D eigenvalue weighted by molar-refractivity contribution is 0.0984. The van der Waals surface area contributed by atoms with E-state index in [0.717, 1.165) is 22.2 Å². The average Bonchev–Trinajstić information content (AvgIpc) is 2.73. The van der Waals surface area contributed by atoms with Gasteiger partial charge in [-0.2, -0.15) is 0 Å². The van der Waals surface area contributed by atoms with Crippen molar-refractivity contribution in [3.63, 3.8) is 0 Å². The molecular weight excluding hydrogens is 350 g/mol. The summed E-state index contributed by atoms with van der Waals surface area (Å²) in [4.78, 5) is 34.3. The second-order valence-corrected chi connectivity index (χ2v) is 6.68. The molecule has 2 heterocycles. The van der Waals surface area contributed by atoms with Crippen molar-refractivity contribution >= 4 is 22.5 Å². The fourth-order valence-corrected chi connectivity index (χ4v) is 3.19. The fourth-order valence-electron chi connectivity index (χ4n) is 3.19. The number of rotatable bonds is 4. The van der Waals surface area contributed by atoms with E-state index >= 15 is 0 Å². The Kier molecular flexibility index (Phi) is 4.72. The summed E-state index contributed by atoms with van der Waals surface area (Å²) in [5.41, 5.74) is 3.41. The Labute approximate surface area is 162 Å². The lowest BCUT2D eigenvalue weighted by Gasteiger charge is -2.23. The van der Waals surface area contributed by atoms with Crippen LogP contribution in [-0.2, 0) is 6.54 Å². The molecule has 2 aromatic carbocycles. The molecule has 4 aromatic rings. The molecule has 5 nitrogen and oxygen atoms in total. The van der Waals surface area contributed by atoms with Crippen LogP contribution in [0.25, 0.3) is 10.9 Å². The number of para-hydroxylation sites is 1. The number of H-pyrrole nitrogens is 1. The van der Waals surface area contributed by atoms with E-state index in [4.69, 9.17) is 0 Å². The SMILES string of the molecule is Cc1ccc2[nH]c(=O)c(CN(C(=O)c3cccnc3)c3ccccc3)cc2c1. The standard InChI is InChI=1S/C23H19N3O2/c1-16-9-10-21-18(12-16)13-19(22(27)25-21)15-26(20-7-3-2-4-8-20)23(28)17-6-5-11-24-14-17/h2-14H,15H2,1H3,(H,25,27). The molecule has 0 spiro atoms. The molecule has 2 aromatic heterocycles. The van der Waals surface area contributed by atoms with Crippen LogP contribution in [0.4, 0.5) is 5.69 Å². The number of hydrogen-bond donors (Lipinski definition) is 1. The van der Waals surface area contributed by atoms with Crippen LogP contribution < -0.4 is 10.5 Å². The number of carbonyl (C=O) groups is 1. The number of carbonyl (C=O) groups excluding carboxylic acids is 1. The summed E-state index contributed by atoms with van der Waals surface area (Å²) in [6, 6.07) is 20.5. The topological polar surface area (TPSA) is 66.1 Å². The molecule has 0 bridgehead atoms. The summed E-state index contributed by atoms with van der Waals surface area (Å²) in [5, 5.41) is 0.941. The first kappa shape index (κ1) is 17.7. The van der Waals surface area contributed by atoms with E-state index in [2.05, 4.69) is 9.97 Å². The number of amides is 1. The molecule has 0 aliphatic heterocycles. The van der Waals surface area contributed by atoms with E-state index in [1.54, 1.807) is 23.2 Å². The highest BCUT2D eigenvalue weighted by Crippen LogP contribution is 2.20. The molecule has 5 heteroatoms. The van der Waals surface area contributed by atoms with Gasteiger partial charge in [-0.1, -0.05) is 29.8 Å². The monoisotopic (exact) mass is 369 g/mol. The summed E-state index contributed by atoms with van der Waals surface area (Å²) in [5.74, 6) is -0.206. The van der Waals surface area contributed by atoms with Crippen molar-refractivity contribution in [3.8, 4) is 0 Å². The Morgan fingerprint density at radius 2 is 1.86 bits per heavy atom. The third-order valence-corrected chi connectivity index (χ3v) is 4.63. The highest BCUT2D eigenvalue weighted by atomic mass is 16.2. The Balaban J connectivity index is 1.78. The van der Waals surface area contributed by atoms with Gasteiger partial charge in [0.05, 0.1) is 12.1 Å². The molecule has 0 saturated carbocycles.